The summed E-state index contributed by atoms with van der Waals surface area (Å²) in [6.07, 6.45) is 3.31. The molecule has 1 fully saturated rings. The van der Waals surface area contributed by atoms with Crippen LogP contribution >= 0.6 is 0 Å². The minimum atomic E-state index is -0.259. The highest BCUT2D eigenvalue weighted by atomic mass is 19.1. The standard InChI is InChI=1S/C13H14FNO/c1-2-13(16)15(11-7-8-11)9-10-5-3-4-6-12(10)14/h2-6,11H,1,7-9H2. The summed E-state index contributed by atoms with van der Waals surface area (Å²) in [6, 6.07) is 6.82. The SMILES string of the molecule is C=CC(=O)N(Cc1ccccc1F)C1CC1. The predicted molar refractivity (Wildman–Crippen MR) is 60.2 cm³/mol. The van der Waals surface area contributed by atoms with Crippen LogP contribution in [0.15, 0.2) is 36.9 Å². The summed E-state index contributed by atoms with van der Waals surface area (Å²) in [5.74, 6) is -0.379. The van der Waals surface area contributed by atoms with Gasteiger partial charge in [-0.15, -0.1) is 0 Å². The molecule has 1 saturated carbocycles. The van der Waals surface area contributed by atoms with Gasteiger partial charge in [0.2, 0.25) is 5.91 Å². The second-order valence-corrected chi connectivity index (χ2v) is 3.99. The largest absolute Gasteiger partial charge is 0.332 e. The van der Waals surface area contributed by atoms with Gasteiger partial charge in [0.05, 0.1) is 0 Å². The summed E-state index contributed by atoms with van der Waals surface area (Å²) in [6.45, 7) is 3.81. The zero-order valence-electron chi connectivity index (χ0n) is 9.03. The molecule has 0 saturated heterocycles. The van der Waals surface area contributed by atoms with Crippen molar-refractivity contribution in [3.05, 3.63) is 48.3 Å². The van der Waals surface area contributed by atoms with E-state index in [1.165, 1.54) is 12.1 Å². The van der Waals surface area contributed by atoms with E-state index in [4.69, 9.17) is 0 Å². The molecule has 1 aromatic rings. The second kappa shape index (κ2) is 4.47. The molecule has 0 radical (unpaired) electrons. The Labute approximate surface area is 94.4 Å². The third-order valence-electron chi connectivity index (χ3n) is 2.74. The zero-order chi connectivity index (χ0) is 11.5. The first-order valence-corrected chi connectivity index (χ1v) is 5.39. The van der Waals surface area contributed by atoms with E-state index in [1.54, 1.807) is 23.1 Å². The number of carbonyl (C=O) groups excluding carboxylic acids is 1. The maximum Gasteiger partial charge on any atom is 0.246 e. The van der Waals surface area contributed by atoms with Crippen LogP contribution in [-0.4, -0.2) is 16.8 Å². The van der Waals surface area contributed by atoms with Crippen LogP contribution in [0.2, 0.25) is 0 Å². The van der Waals surface area contributed by atoms with E-state index >= 15 is 0 Å². The van der Waals surface area contributed by atoms with Crippen molar-refractivity contribution in [1.29, 1.82) is 0 Å². The van der Waals surface area contributed by atoms with Crippen molar-refractivity contribution < 1.29 is 9.18 Å². The Kier molecular flexibility index (Phi) is 3.04. The quantitative estimate of drug-likeness (QED) is 0.712. The summed E-state index contributed by atoms with van der Waals surface area (Å²) >= 11 is 0. The molecule has 2 rings (SSSR count). The lowest BCUT2D eigenvalue weighted by molar-refractivity contribution is -0.127. The molecule has 1 aromatic carbocycles. The third kappa shape index (κ3) is 2.30. The Morgan fingerprint density at radius 1 is 1.50 bits per heavy atom. The zero-order valence-corrected chi connectivity index (χ0v) is 9.03. The number of amides is 1. The highest BCUT2D eigenvalue weighted by Crippen LogP contribution is 2.28. The fraction of sp³-hybridized carbons (Fsp3) is 0.308. The predicted octanol–water partition coefficient (Wildman–Crippen LogP) is 2.50. The average Bonchev–Trinajstić information content (AvgIpc) is 3.11. The van der Waals surface area contributed by atoms with Gasteiger partial charge in [-0.05, 0) is 25.0 Å². The molecule has 0 aliphatic heterocycles. The minimum absolute atomic E-state index is 0.120. The lowest BCUT2D eigenvalue weighted by Crippen LogP contribution is -2.31. The van der Waals surface area contributed by atoms with Crippen LogP contribution < -0.4 is 0 Å². The number of hydrogen-bond acceptors (Lipinski definition) is 1. The van der Waals surface area contributed by atoms with Crippen molar-refractivity contribution in [1.82, 2.24) is 4.90 Å². The van der Waals surface area contributed by atoms with Gasteiger partial charge in [-0.3, -0.25) is 4.79 Å². The Morgan fingerprint density at radius 2 is 2.19 bits per heavy atom. The molecule has 0 unspecified atom stereocenters. The highest BCUT2D eigenvalue weighted by molar-refractivity contribution is 5.87. The van der Waals surface area contributed by atoms with Crippen molar-refractivity contribution in [3.63, 3.8) is 0 Å². The maximum atomic E-state index is 13.4. The lowest BCUT2D eigenvalue weighted by atomic mass is 10.2. The summed E-state index contributed by atoms with van der Waals surface area (Å²) < 4.78 is 13.4. The van der Waals surface area contributed by atoms with Gasteiger partial charge in [0.15, 0.2) is 0 Å². The van der Waals surface area contributed by atoms with Crippen molar-refractivity contribution in [3.8, 4) is 0 Å². The minimum Gasteiger partial charge on any atom is -0.332 e. The molecule has 1 aliphatic rings. The van der Waals surface area contributed by atoms with Crippen LogP contribution in [0, 0.1) is 5.82 Å². The van der Waals surface area contributed by atoms with Gasteiger partial charge >= 0.3 is 0 Å². The summed E-state index contributed by atoms with van der Waals surface area (Å²) in [4.78, 5) is 13.3. The summed E-state index contributed by atoms with van der Waals surface area (Å²) in [7, 11) is 0. The fourth-order valence-electron chi connectivity index (χ4n) is 1.70. The number of benzene rings is 1. The molecule has 1 aliphatic carbocycles. The van der Waals surface area contributed by atoms with Crippen LogP contribution in [0.25, 0.3) is 0 Å². The molecule has 3 heteroatoms. The molecule has 1 amide bonds. The van der Waals surface area contributed by atoms with E-state index in [1.807, 2.05) is 0 Å². The maximum absolute atomic E-state index is 13.4. The number of hydrogen-bond donors (Lipinski definition) is 0. The number of halogens is 1. The molecule has 16 heavy (non-hydrogen) atoms. The smallest absolute Gasteiger partial charge is 0.246 e. The molecule has 2 nitrogen and oxygen atoms in total. The molecule has 0 heterocycles. The Hall–Kier alpha value is -1.64. The first-order valence-electron chi connectivity index (χ1n) is 5.39. The van der Waals surface area contributed by atoms with E-state index < -0.39 is 0 Å². The van der Waals surface area contributed by atoms with Crippen LogP contribution in [0.5, 0.6) is 0 Å². The van der Waals surface area contributed by atoms with E-state index in [2.05, 4.69) is 6.58 Å². The normalized spacial score (nSPS) is 14.6. The summed E-state index contributed by atoms with van der Waals surface area (Å²) in [5.41, 5.74) is 0.560. The second-order valence-electron chi connectivity index (χ2n) is 3.99. The fourth-order valence-corrected chi connectivity index (χ4v) is 1.70. The summed E-state index contributed by atoms with van der Waals surface area (Å²) in [5, 5.41) is 0. The number of nitrogens with zero attached hydrogens (tertiary/aromatic N) is 1. The Balaban J connectivity index is 2.14. The molecule has 84 valence electrons. The lowest BCUT2D eigenvalue weighted by Gasteiger charge is -2.21. The van der Waals surface area contributed by atoms with Gasteiger partial charge in [0, 0.05) is 18.2 Å². The molecule has 0 bridgehead atoms. The first-order chi connectivity index (χ1) is 7.72. The Morgan fingerprint density at radius 3 is 2.75 bits per heavy atom. The van der Waals surface area contributed by atoms with Crippen molar-refractivity contribution >= 4 is 5.91 Å². The van der Waals surface area contributed by atoms with E-state index in [0.29, 0.717) is 12.1 Å². The van der Waals surface area contributed by atoms with Gasteiger partial charge in [-0.2, -0.15) is 0 Å². The van der Waals surface area contributed by atoms with Gasteiger partial charge in [0.1, 0.15) is 5.82 Å². The van der Waals surface area contributed by atoms with Crippen LogP contribution in [0.4, 0.5) is 4.39 Å². The monoisotopic (exact) mass is 219 g/mol. The molecule has 0 atom stereocenters. The Bertz CT molecular complexity index is 412. The van der Waals surface area contributed by atoms with Crippen LogP contribution in [-0.2, 0) is 11.3 Å². The van der Waals surface area contributed by atoms with Crippen molar-refractivity contribution in [2.45, 2.75) is 25.4 Å². The molecular weight excluding hydrogens is 205 g/mol. The van der Waals surface area contributed by atoms with E-state index in [9.17, 15) is 9.18 Å². The van der Waals surface area contributed by atoms with E-state index in [0.717, 1.165) is 12.8 Å². The van der Waals surface area contributed by atoms with Crippen molar-refractivity contribution in [2.24, 2.45) is 0 Å². The molecule has 0 N–H and O–H groups in total. The molecule has 0 spiro atoms. The van der Waals surface area contributed by atoms with Gasteiger partial charge < -0.3 is 4.90 Å². The van der Waals surface area contributed by atoms with E-state index in [-0.39, 0.29) is 17.8 Å². The van der Waals surface area contributed by atoms with Crippen LogP contribution in [0.1, 0.15) is 18.4 Å². The number of carbonyl (C=O) groups is 1. The van der Waals surface area contributed by atoms with Gasteiger partial charge in [0.25, 0.3) is 0 Å². The van der Waals surface area contributed by atoms with Crippen molar-refractivity contribution in [2.75, 3.05) is 0 Å². The van der Waals surface area contributed by atoms with Gasteiger partial charge in [-0.25, -0.2) is 4.39 Å². The van der Waals surface area contributed by atoms with Gasteiger partial charge in [-0.1, -0.05) is 24.8 Å². The highest BCUT2D eigenvalue weighted by Gasteiger charge is 2.31. The van der Waals surface area contributed by atoms with Crippen LogP contribution in [0.3, 0.4) is 0 Å². The molecule has 0 aromatic heterocycles. The topological polar surface area (TPSA) is 20.3 Å². The third-order valence-corrected chi connectivity index (χ3v) is 2.74. The first kappa shape index (κ1) is 10.9. The number of rotatable bonds is 4. The molecular formula is C13H14FNO. The average molecular weight is 219 g/mol.